The monoisotopic (exact) mass is 396 g/mol. The lowest BCUT2D eigenvalue weighted by Crippen LogP contribution is -2.50. The molecule has 0 spiro atoms. The van der Waals surface area contributed by atoms with Gasteiger partial charge in [-0.05, 0) is 30.3 Å². The van der Waals surface area contributed by atoms with Gasteiger partial charge in [-0.15, -0.1) is 11.3 Å². The Balaban J connectivity index is 1.68. The predicted octanol–water partition coefficient (Wildman–Crippen LogP) is 3.71. The first-order chi connectivity index (χ1) is 13.6. The molecule has 1 aliphatic rings. The van der Waals surface area contributed by atoms with Crippen molar-refractivity contribution in [2.24, 2.45) is 0 Å². The minimum absolute atomic E-state index is 0.0997. The third-order valence-electron chi connectivity index (χ3n) is 4.51. The van der Waals surface area contributed by atoms with Gasteiger partial charge in [0.1, 0.15) is 11.6 Å². The molecule has 1 N–H and O–H groups in total. The summed E-state index contributed by atoms with van der Waals surface area (Å²) in [7, 11) is 1.53. The quantitative estimate of drug-likeness (QED) is 0.734. The second-order valence-electron chi connectivity index (χ2n) is 6.25. The Bertz CT molecular complexity index is 1050. The Morgan fingerprint density at radius 1 is 1.11 bits per heavy atom. The topological polar surface area (TPSA) is 58.6 Å². The highest BCUT2D eigenvalue weighted by Gasteiger charge is 2.34. The molecule has 142 valence electrons. The number of halogens is 1. The molecule has 0 fully saturated rings. The number of nitrogens with one attached hydrogen (secondary N) is 1. The summed E-state index contributed by atoms with van der Waals surface area (Å²) in [6.45, 7) is 0.0997. The van der Waals surface area contributed by atoms with Gasteiger partial charge in [0.2, 0.25) is 0 Å². The zero-order valence-electron chi connectivity index (χ0n) is 15.0. The molecule has 1 aliphatic heterocycles. The Morgan fingerprint density at radius 3 is 2.64 bits per heavy atom. The summed E-state index contributed by atoms with van der Waals surface area (Å²) < 4.78 is 19.8. The van der Waals surface area contributed by atoms with E-state index in [1.54, 1.807) is 48.5 Å². The van der Waals surface area contributed by atoms with Crippen molar-refractivity contribution in [3.05, 3.63) is 71.4 Å². The van der Waals surface area contributed by atoms with Crippen LogP contribution in [0.25, 0.3) is 10.4 Å². The molecule has 7 heteroatoms. The fourth-order valence-electron chi connectivity index (χ4n) is 3.12. The fourth-order valence-corrected chi connectivity index (χ4v) is 4.10. The highest BCUT2D eigenvalue weighted by atomic mass is 32.1. The van der Waals surface area contributed by atoms with Gasteiger partial charge in [0.05, 0.1) is 17.1 Å². The van der Waals surface area contributed by atoms with Crippen LogP contribution < -0.4 is 15.0 Å². The summed E-state index contributed by atoms with van der Waals surface area (Å²) in [5, 5.41) is 2.56. The van der Waals surface area contributed by atoms with Gasteiger partial charge in [0.15, 0.2) is 6.10 Å². The standard InChI is InChI=1S/C21H17FN2O3S/c1-23-20(25)17-12-24(15-8-4-5-9-16(15)27-17)21(26)19-11-10-18(28-19)13-6-2-3-7-14(13)22/h2-11,17H,12H2,1H3,(H,23,25)/t17-/m0/s1. The van der Waals surface area contributed by atoms with E-state index in [9.17, 15) is 14.0 Å². The van der Waals surface area contributed by atoms with Gasteiger partial charge in [-0.1, -0.05) is 30.3 Å². The molecule has 1 atom stereocenters. The minimum Gasteiger partial charge on any atom is -0.477 e. The largest absolute Gasteiger partial charge is 0.477 e. The van der Waals surface area contributed by atoms with Gasteiger partial charge < -0.3 is 10.1 Å². The van der Waals surface area contributed by atoms with Crippen molar-refractivity contribution in [2.75, 3.05) is 18.5 Å². The first-order valence-electron chi connectivity index (χ1n) is 8.72. The van der Waals surface area contributed by atoms with E-state index in [-0.39, 0.29) is 24.2 Å². The zero-order chi connectivity index (χ0) is 19.7. The number of para-hydroxylation sites is 2. The molecule has 0 saturated carbocycles. The second-order valence-corrected chi connectivity index (χ2v) is 7.33. The van der Waals surface area contributed by atoms with E-state index >= 15 is 0 Å². The van der Waals surface area contributed by atoms with Gasteiger partial charge in [0.25, 0.3) is 11.8 Å². The van der Waals surface area contributed by atoms with Crippen LogP contribution in [0.4, 0.5) is 10.1 Å². The van der Waals surface area contributed by atoms with Crippen molar-refractivity contribution < 1.29 is 18.7 Å². The highest BCUT2D eigenvalue weighted by Crippen LogP contribution is 2.36. The molecule has 4 rings (SSSR count). The first kappa shape index (κ1) is 18.2. The van der Waals surface area contributed by atoms with Gasteiger partial charge in [-0.25, -0.2) is 4.39 Å². The van der Waals surface area contributed by atoms with Gasteiger partial charge in [-0.3, -0.25) is 14.5 Å². The van der Waals surface area contributed by atoms with Crippen molar-refractivity contribution in [1.29, 1.82) is 0 Å². The number of ether oxygens (including phenoxy) is 1. The lowest BCUT2D eigenvalue weighted by atomic mass is 10.1. The molecule has 0 bridgehead atoms. The molecule has 0 unspecified atom stereocenters. The molecule has 1 aromatic heterocycles. The maximum Gasteiger partial charge on any atom is 0.268 e. The normalized spacial score (nSPS) is 15.5. The molecule has 0 radical (unpaired) electrons. The average Bonchev–Trinajstić information content (AvgIpc) is 3.22. The third-order valence-corrected chi connectivity index (χ3v) is 5.62. The zero-order valence-corrected chi connectivity index (χ0v) is 15.8. The molecule has 2 aromatic carbocycles. The van der Waals surface area contributed by atoms with Crippen LogP contribution in [0, 0.1) is 5.82 Å². The molecule has 0 aliphatic carbocycles. The SMILES string of the molecule is CNC(=O)[C@@H]1CN(C(=O)c2ccc(-c3ccccc3F)s2)c2ccccc2O1. The summed E-state index contributed by atoms with van der Waals surface area (Å²) >= 11 is 1.22. The van der Waals surface area contributed by atoms with Crippen LogP contribution in [0.2, 0.25) is 0 Å². The van der Waals surface area contributed by atoms with E-state index in [1.807, 2.05) is 6.07 Å². The Morgan fingerprint density at radius 2 is 1.86 bits per heavy atom. The van der Waals surface area contributed by atoms with Crippen molar-refractivity contribution in [3.8, 4) is 16.2 Å². The smallest absolute Gasteiger partial charge is 0.268 e. The summed E-state index contributed by atoms with van der Waals surface area (Å²) in [5.41, 5.74) is 1.06. The fraction of sp³-hybridized carbons (Fsp3) is 0.143. The molecule has 5 nitrogen and oxygen atoms in total. The van der Waals surface area contributed by atoms with Crippen LogP contribution in [0.5, 0.6) is 5.75 Å². The van der Waals surface area contributed by atoms with E-state index < -0.39 is 6.10 Å². The number of benzene rings is 2. The Labute approximate surface area is 165 Å². The maximum atomic E-state index is 14.1. The summed E-state index contributed by atoms with van der Waals surface area (Å²) in [6, 6.07) is 17.0. The number of anilines is 1. The van der Waals surface area contributed by atoms with E-state index in [1.165, 1.54) is 29.4 Å². The maximum absolute atomic E-state index is 14.1. The van der Waals surface area contributed by atoms with Gasteiger partial charge >= 0.3 is 0 Å². The van der Waals surface area contributed by atoms with E-state index in [4.69, 9.17) is 4.74 Å². The molecule has 2 amide bonds. The minimum atomic E-state index is -0.796. The molecular weight excluding hydrogens is 379 g/mol. The molecule has 28 heavy (non-hydrogen) atoms. The lowest BCUT2D eigenvalue weighted by Gasteiger charge is -2.33. The Hall–Kier alpha value is -3.19. The summed E-state index contributed by atoms with van der Waals surface area (Å²) in [5.74, 6) is -0.413. The van der Waals surface area contributed by atoms with Crippen molar-refractivity contribution >= 4 is 28.8 Å². The van der Waals surface area contributed by atoms with E-state index in [0.29, 0.717) is 26.8 Å². The number of hydrogen-bond acceptors (Lipinski definition) is 4. The van der Waals surface area contributed by atoms with Crippen LogP contribution in [0.15, 0.2) is 60.7 Å². The third kappa shape index (κ3) is 3.25. The average molecular weight is 396 g/mol. The highest BCUT2D eigenvalue weighted by molar-refractivity contribution is 7.17. The number of carbonyl (C=O) groups excluding carboxylic acids is 2. The summed E-state index contributed by atoms with van der Waals surface area (Å²) in [6.07, 6.45) is -0.796. The van der Waals surface area contributed by atoms with Crippen LogP contribution >= 0.6 is 11.3 Å². The molecule has 0 saturated heterocycles. The van der Waals surface area contributed by atoms with E-state index in [0.717, 1.165) is 0 Å². The molecule has 2 heterocycles. The van der Waals surface area contributed by atoms with Crippen LogP contribution in [-0.2, 0) is 4.79 Å². The first-order valence-corrected chi connectivity index (χ1v) is 9.54. The van der Waals surface area contributed by atoms with Crippen LogP contribution in [0.3, 0.4) is 0 Å². The number of hydrogen-bond donors (Lipinski definition) is 1. The lowest BCUT2D eigenvalue weighted by molar-refractivity contribution is -0.127. The van der Waals surface area contributed by atoms with Crippen molar-refractivity contribution in [2.45, 2.75) is 6.10 Å². The van der Waals surface area contributed by atoms with E-state index in [2.05, 4.69) is 5.32 Å². The number of rotatable bonds is 3. The number of thiophene rings is 1. The number of nitrogens with zero attached hydrogens (tertiary/aromatic N) is 1. The van der Waals surface area contributed by atoms with Gasteiger partial charge in [-0.2, -0.15) is 0 Å². The number of amides is 2. The second kappa shape index (κ2) is 7.44. The Kier molecular flexibility index (Phi) is 4.83. The number of fused-ring (bicyclic) bond motifs is 1. The van der Waals surface area contributed by atoms with Gasteiger partial charge in [0, 0.05) is 17.5 Å². The summed E-state index contributed by atoms with van der Waals surface area (Å²) in [4.78, 5) is 28.0. The van der Waals surface area contributed by atoms with Crippen LogP contribution in [0.1, 0.15) is 9.67 Å². The number of likely N-dealkylation sites (N-methyl/N-ethyl adjacent to an activating group) is 1. The van der Waals surface area contributed by atoms with Crippen molar-refractivity contribution in [3.63, 3.8) is 0 Å². The molecular formula is C21H17FN2O3S. The molecule has 3 aromatic rings. The van der Waals surface area contributed by atoms with Crippen molar-refractivity contribution in [1.82, 2.24) is 5.32 Å². The number of carbonyl (C=O) groups is 2. The van der Waals surface area contributed by atoms with Crippen LogP contribution in [-0.4, -0.2) is 31.5 Å². The predicted molar refractivity (Wildman–Crippen MR) is 106 cm³/mol.